The zero-order valence-corrected chi connectivity index (χ0v) is 11.7. The molecule has 2 aromatic carbocycles. The highest BCUT2D eigenvalue weighted by Gasteiger charge is 2.21. The lowest BCUT2D eigenvalue weighted by Crippen LogP contribution is -2.43. The van der Waals surface area contributed by atoms with Gasteiger partial charge in [0.2, 0.25) is 5.78 Å². The van der Waals surface area contributed by atoms with Gasteiger partial charge < -0.3 is 11.1 Å². The van der Waals surface area contributed by atoms with Crippen molar-refractivity contribution in [2.75, 3.05) is 0 Å². The minimum Gasteiger partial charge on any atom is -0.345 e. The molecule has 0 aliphatic carbocycles. The molecule has 2 aromatic rings. The predicted octanol–water partition coefficient (Wildman–Crippen LogP) is 1.44. The van der Waals surface area contributed by atoms with Crippen molar-refractivity contribution in [3.63, 3.8) is 0 Å². The van der Waals surface area contributed by atoms with Crippen molar-refractivity contribution in [1.82, 2.24) is 5.32 Å². The summed E-state index contributed by atoms with van der Waals surface area (Å²) < 4.78 is 0. The molecule has 0 heterocycles. The summed E-state index contributed by atoms with van der Waals surface area (Å²) in [7, 11) is 0. The molecule has 0 aromatic heterocycles. The standard InChI is InChI=1S/C17H18N2O2/c18-15(11-13-7-3-1-4-8-13)16(20)17(21)19-12-14-9-5-2-6-10-14/h1-10,15H,11-12,18H2,(H,19,21)/t15-/m0/s1. The van der Waals surface area contributed by atoms with Crippen LogP contribution in [0.4, 0.5) is 0 Å². The molecule has 3 N–H and O–H groups in total. The number of nitrogens with two attached hydrogens (primary N) is 1. The maximum atomic E-state index is 11.9. The van der Waals surface area contributed by atoms with Crippen LogP contribution in [0, 0.1) is 0 Å². The lowest BCUT2D eigenvalue weighted by Gasteiger charge is -2.11. The fraction of sp³-hybridized carbons (Fsp3) is 0.176. The van der Waals surface area contributed by atoms with Crippen LogP contribution in [0.5, 0.6) is 0 Å². The number of ketones is 1. The van der Waals surface area contributed by atoms with Gasteiger partial charge in [0.25, 0.3) is 5.91 Å². The largest absolute Gasteiger partial charge is 0.345 e. The van der Waals surface area contributed by atoms with E-state index in [1.807, 2.05) is 60.7 Å². The normalized spacial score (nSPS) is 11.7. The second-order valence-electron chi connectivity index (χ2n) is 4.83. The molecule has 0 saturated carbocycles. The average Bonchev–Trinajstić information content (AvgIpc) is 2.53. The molecule has 108 valence electrons. The molecule has 0 aliphatic heterocycles. The van der Waals surface area contributed by atoms with Crippen molar-refractivity contribution in [2.24, 2.45) is 5.73 Å². The van der Waals surface area contributed by atoms with Gasteiger partial charge in [-0.1, -0.05) is 60.7 Å². The second-order valence-corrected chi connectivity index (χ2v) is 4.83. The maximum Gasteiger partial charge on any atom is 0.289 e. The molecule has 4 nitrogen and oxygen atoms in total. The number of carbonyl (C=O) groups excluding carboxylic acids is 2. The van der Waals surface area contributed by atoms with Crippen molar-refractivity contribution in [3.05, 3.63) is 71.8 Å². The fourth-order valence-electron chi connectivity index (χ4n) is 1.99. The van der Waals surface area contributed by atoms with Crippen LogP contribution < -0.4 is 11.1 Å². The molecule has 0 radical (unpaired) electrons. The summed E-state index contributed by atoms with van der Waals surface area (Å²) >= 11 is 0. The number of nitrogens with one attached hydrogen (secondary N) is 1. The molecule has 0 fully saturated rings. The molecule has 1 atom stereocenters. The van der Waals surface area contributed by atoms with E-state index >= 15 is 0 Å². The van der Waals surface area contributed by atoms with Gasteiger partial charge in [-0.3, -0.25) is 9.59 Å². The second kappa shape index (κ2) is 7.36. The average molecular weight is 282 g/mol. The predicted molar refractivity (Wildman–Crippen MR) is 81.4 cm³/mol. The van der Waals surface area contributed by atoms with Crippen molar-refractivity contribution in [1.29, 1.82) is 0 Å². The molecular weight excluding hydrogens is 264 g/mol. The number of carbonyl (C=O) groups is 2. The van der Waals surface area contributed by atoms with Gasteiger partial charge in [0.1, 0.15) is 0 Å². The summed E-state index contributed by atoms with van der Waals surface area (Å²) in [6.07, 6.45) is 0.360. The highest BCUT2D eigenvalue weighted by molar-refractivity contribution is 6.38. The first kappa shape index (κ1) is 14.9. The van der Waals surface area contributed by atoms with Crippen LogP contribution in [-0.2, 0) is 22.6 Å². The van der Waals surface area contributed by atoms with Gasteiger partial charge in [-0.2, -0.15) is 0 Å². The number of rotatable bonds is 6. The lowest BCUT2D eigenvalue weighted by molar-refractivity contribution is -0.138. The number of benzene rings is 2. The molecule has 0 unspecified atom stereocenters. The first-order valence-electron chi connectivity index (χ1n) is 6.82. The number of hydrogen-bond acceptors (Lipinski definition) is 3. The molecule has 1 amide bonds. The molecule has 21 heavy (non-hydrogen) atoms. The summed E-state index contributed by atoms with van der Waals surface area (Å²) in [5, 5.41) is 2.60. The minimum absolute atomic E-state index is 0.323. The Bertz CT molecular complexity index is 597. The van der Waals surface area contributed by atoms with Gasteiger partial charge in [-0.15, -0.1) is 0 Å². The van der Waals surface area contributed by atoms with E-state index in [0.717, 1.165) is 11.1 Å². The molecule has 0 bridgehead atoms. The highest BCUT2D eigenvalue weighted by atomic mass is 16.2. The SMILES string of the molecule is N[C@@H](Cc1ccccc1)C(=O)C(=O)NCc1ccccc1. The highest BCUT2D eigenvalue weighted by Crippen LogP contribution is 2.03. The van der Waals surface area contributed by atoms with Gasteiger partial charge in [0, 0.05) is 6.54 Å². The summed E-state index contributed by atoms with van der Waals surface area (Å²) in [5.41, 5.74) is 7.69. The zero-order valence-electron chi connectivity index (χ0n) is 11.7. The van der Waals surface area contributed by atoms with Gasteiger partial charge in [0.05, 0.1) is 6.04 Å². The number of amides is 1. The summed E-state index contributed by atoms with van der Waals surface area (Å²) in [6, 6.07) is 18.0. The van der Waals surface area contributed by atoms with Gasteiger partial charge in [0.15, 0.2) is 0 Å². The first-order chi connectivity index (χ1) is 10.2. The van der Waals surface area contributed by atoms with Crippen molar-refractivity contribution in [3.8, 4) is 0 Å². The van der Waals surface area contributed by atoms with E-state index in [-0.39, 0.29) is 0 Å². The van der Waals surface area contributed by atoms with E-state index in [0.29, 0.717) is 13.0 Å². The van der Waals surface area contributed by atoms with E-state index in [4.69, 9.17) is 5.73 Å². The van der Waals surface area contributed by atoms with Crippen molar-refractivity contribution in [2.45, 2.75) is 19.0 Å². The quantitative estimate of drug-likeness (QED) is 0.788. The van der Waals surface area contributed by atoms with E-state index in [1.165, 1.54) is 0 Å². The van der Waals surface area contributed by atoms with Crippen LogP contribution in [0.2, 0.25) is 0 Å². The molecule has 4 heteroatoms. The van der Waals surface area contributed by atoms with Crippen LogP contribution in [0.3, 0.4) is 0 Å². The third kappa shape index (κ3) is 4.54. The molecule has 0 aliphatic rings. The van der Waals surface area contributed by atoms with E-state index in [9.17, 15) is 9.59 Å². The first-order valence-corrected chi connectivity index (χ1v) is 6.82. The van der Waals surface area contributed by atoms with Crippen LogP contribution in [0.25, 0.3) is 0 Å². The van der Waals surface area contributed by atoms with Gasteiger partial charge >= 0.3 is 0 Å². The maximum absolute atomic E-state index is 11.9. The van der Waals surface area contributed by atoms with Crippen LogP contribution in [0.15, 0.2) is 60.7 Å². The third-order valence-corrected chi connectivity index (χ3v) is 3.15. The molecule has 0 saturated heterocycles. The topological polar surface area (TPSA) is 72.2 Å². The monoisotopic (exact) mass is 282 g/mol. The van der Waals surface area contributed by atoms with E-state index in [2.05, 4.69) is 5.32 Å². The Morgan fingerprint density at radius 3 is 2.00 bits per heavy atom. The number of hydrogen-bond donors (Lipinski definition) is 2. The van der Waals surface area contributed by atoms with Crippen molar-refractivity contribution < 1.29 is 9.59 Å². The minimum atomic E-state index is -0.817. The third-order valence-electron chi connectivity index (χ3n) is 3.15. The Hall–Kier alpha value is -2.46. The molecule has 0 spiro atoms. The van der Waals surface area contributed by atoms with E-state index < -0.39 is 17.7 Å². The zero-order chi connectivity index (χ0) is 15.1. The Kier molecular flexibility index (Phi) is 5.23. The fourth-order valence-corrected chi connectivity index (χ4v) is 1.99. The summed E-state index contributed by atoms with van der Waals surface area (Å²) in [5.74, 6) is -1.22. The molecular formula is C17H18N2O2. The van der Waals surface area contributed by atoms with Crippen LogP contribution in [0.1, 0.15) is 11.1 Å². The number of Topliss-reactive ketones (excluding diaryl/α,β-unsaturated/α-hetero) is 1. The Morgan fingerprint density at radius 2 is 1.43 bits per heavy atom. The van der Waals surface area contributed by atoms with E-state index in [1.54, 1.807) is 0 Å². The van der Waals surface area contributed by atoms with Crippen molar-refractivity contribution >= 4 is 11.7 Å². The summed E-state index contributed by atoms with van der Waals surface area (Å²) in [4.78, 5) is 23.7. The van der Waals surface area contributed by atoms with Crippen LogP contribution in [-0.4, -0.2) is 17.7 Å². The molecule has 2 rings (SSSR count). The summed E-state index contributed by atoms with van der Waals surface area (Å²) in [6.45, 7) is 0.323. The Morgan fingerprint density at radius 1 is 0.905 bits per heavy atom. The van der Waals surface area contributed by atoms with Gasteiger partial charge in [-0.25, -0.2) is 0 Å². The smallest absolute Gasteiger partial charge is 0.289 e. The Balaban J connectivity index is 1.85. The lowest BCUT2D eigenvalue weighted by atomic mass is 10.0. The van der Waals surface area contributed by atoms with Gasteiger partial charge in [-0.05, 0) is 17.5 Å². The Labute approximate surface area is 124 Å². The van der Waals surface area contributed by atoms with Crippen LogP contribution >= 0.6 is 0 Å².